The lowest BCUT2D eigenvalue weighted by Crippen LogP contribution is -2.28. The van der Waals surface area contributed by atoms with Crippen molar-refractivity contribution in [2.45, 2.75) is 0 Å². The first-order valence-electron chi connectivity index (χ1n) is 4.42. The Hall–Kier alpha value is -2.37. The molecule has 6 nitrogen and oxygen atoms in total. The number of carbonyl (C=O) groups is 3. The summed E-state index contributed by atoms with van der Waals surface area (Å²) >= 11 is 0. The van der Waals surface area contributed by atoms with Gasteiger partial charge in [0.15, 0.2) is 6.61 Å². The van der Waals surface area contributed by atoms with Crippen LogP contribution in [0.5, 0.6) is 0 Å². The first-order valence-corrected chi connectivity index (χ1v) is 4.42. The largest absolute Gasteiger partial charge is 0.478 e. The zero-order valence-corrected chi connectivity index (χ0v) is 8.04. The van der Waals surface area contributed by atoms with Crippen molar-refractivity contribution in [1.82, 2.24) is 0 Å². The molecule has 2 amide bonds. The predicted molar refractivity (Wildman–Crippen MR) is 52.2 cm³/mol. The van der Waals surface area contributed by atoms with Gasteiger partial charge in [-0.05, 0) is 18.2 Å². The molecule has 1 heterocycles. The summed E-state index contributed by atoms with van der Waals surface area (Å²) in [5.41, 5.74) is 0.206. The van der Waals surface area contributed by atoms with Crippen molar-refractivity contribution in [3.05, 3.63) is 29.8 Å². The Labute approximate surface area is 90.0 Å². The van der Waals surface area contributed by atoms with E-state index in [1.807, 2.05) is 0 Å². The van der Waals surface area contributed by atoms with Gasteiger partial charge in [0.1, 0.15) is 0 Å². The van der Waals surface area contributed by atoms with E-state index in [4.69, 9.17) is 5.11 Å². The third kappa shape index (κ3) is 1.60. The molecule has 0 spiro atoms. The highest BCUT2D eigenvalue weighted by Gasteiger charge is 2.32. The first kappa shape index (κ1) is 10.2. The summed E-state index contributed by atoms with van der Waals surface area (Å²) in [4.78, 5) is 34.0. The van der Waals surface area contributed by atoms with Gasteiger partial charge in [0, 0.05) is 0 Å². The van der Waals surface area contributed by atoms with Crippen molar-refractivity contribution < 1.29 is 24.2 Å². The third-order valence-corrected chi connectivity index (χ3v) is 2.10. The highest BCUT2D eigenvalue weighted by atomic mass is 16.6. The van der Waals surface area contributed by atoms with Gasteiger partial charge in [-0.15, -0.1) is 0 Å². The Kier molecular flexibility index (Phi) is 2.32. The molecule has 0 atom stereocenters. The lowest BCUT2D eigenvalue weighted by molar-refractivity contribution is -0.117. The van der Waals surface area contributed by atoms with Gasteiger partial charge in [-0.25, -0.2) is 14.5 Å². The molecule has 0 radical (unpaired) electrons. The zero-order chi connectivity index (χ0) is 11.7. The fraction of sp³-hybridized carbons (Fsp3) is 0.100. The lowest BCUT2D eigenvalue weighted by Gasteiger charge is -2.10. The molecule has 0 aliphatic carbocycles. The van der Waals surface area contributed by atoms with Crippen LogP contribution in [0.15, 0.2) is 24.3 Å². The minimum Gasteiger partial charge on any atom is -0.478 e. The molecule has 16 heavy (non-hydrogen) atoms. The van der Waals surface area contributed by atoms with E-state index < -0.39 is 18.0 Å². The van der Waals surface area contributed by atoms with Gasteiger partial charge in [-0.1, -0.05) is 6.07 Å². The van der Waals surface area contributed by atoms with Crippen molar-refractivity contribution in [2.24, 2.45) is 0 Å². The number of benzene rings is 1. The molecule has 1 aliphatic heterocycles. The number of carboxylic acid groups (broad SMARTS) is 1. The maximum absolute atomic E-state index is 11.3. The molecule has 1 aliphatic rings. The quantitative estimate of drug-likeness (QED) is 0.800. The Morgan fingerprint density at radius 2 is 2.12 bits per heavy atom. The van der Waals surface area contributed by atoms with E-state index in [2.05, 4.69) is 4.74 Å². The van der Waals surface area contributed by atoms with Crippen LogP contribution in [0.2, 0.25) is 0 Å². The molecule has 0 aromatic heterocycles. The van der Waals surface area contributed by atoms with Crippen molar-refractivity contribution in [2.75, 3.05) is 11.5 Å². The average molecular weight is 221 g/mol. The molecule has 1 fully saturated rings. The summed E-state index contributed by atoms with van der Waals surface area (Å²) in [6.45, 7) is -0.309. The Morgan fingerprint density at radius 3 is 2.69 bits per heavy atom. The fourth-order valence-electron chi connectivity index (χ4n) is 1.38. The monoisotopic (exact) mass is 221 g/mol. The molecule has 0 unspecified atom stereocenters. The zero-order valence-electron chi connectivity index (χ0n) is 8.04. The van der Waals surface area contributed by atoms with E-state index in [1.165, 1.54) is 24.3 Å². The van der Waals surface area contributed by atoms with Gasteiger partial charge in [0.05, 0.1) is 11.3 Å². The van der Waals surface area contributed by atoms with Crippen LogP contribution in [0.25, 0.3) is 0 Å². The van der Waals surface area contributed by atoms with E-state index in [0.717, 1.165) is 4.90 Å². The standard InChI is InChI=1S/C10H7NO5/c12-8-5-16-10(15)11(8)7-3-1-2-6(4-7)9(13)14/h1-4H,5H2,(H,13,14). The number of cyclic esters (lactones) is 1. The normalized spacial score (nSPS) is 15.1. The smallest absolute Gasteiger partial charge is 0.421 e. The Morgan fingerprint density at radius 1 is 1.38 bits per heavy atom. The van der Waals surface area contributed by atoms with Gasteiger partial charge >= 0.3 is 12.1 Å². The van der Waals surface area contributed by atoms with E-state index in [1.54, 1.807) is 0 Å². The average Bonchev–Trinajstić information content (AvgIpc) is 2.59. The summed E-state index contributed by atoms with van der Waals surface area (Å²) in [6, 6.07) is 5.54. The number of anilines is 1. The molecular weight excluding hydrogens is 214 g/mol. The maximum Gasteiger partial charge on any atom is 0.421 e. The van der Waals surface area contributed by atoms with Crippen LogP contribution in [-0.2, 0) is 9.53 Å². The number of imide groups is 1. The van der Waals surface area contributed by atoms with E-state index in [0.29, 0.717) is 0 Å². The number of hydrogen-bond acceptors (Lipinski definition) is 4. The van der Waals surface area contributed by atoms with Gasteiger partial charge in [-0.3, -0.25) is 4.79 Å². The number of rotatable bonds is 2. The predicted octanol–water partition coefficient (Wildman–Crippen LogP) is 0.868. The highest BCUT2D eigenvalue weighted by molar-refractivity contribution is 6.16. The minimum absolute atomic E-state index is 0.00463. The fourth-order valence-corrected chi connectivity index (χ4v) is 1.38. The van der Waals surface area contributed by atoms with Crippen LogP contribution in [-0.4, -0.2) is 29.7 Å². The second-order valence-electron chi connectivity index (χ2n) is 3.14. The summed E-state index contributed by atoms with van der Waals surface area (Å²) in [5.74, 6) is -1.63. The Balaban J connectivity index is 2.40. The SMILES string of the molecule is O=C(O)c1cccc(N2C(=O)COC2=O)c1. The molecule has 0 saturated carbocycles. The van der Waals surface area contributed by atoms with Crippen LogP contribution in [0, 0.1) is 0 Å². The second kappa shape index (κ2) is 3.65. The van der Waals surface area contributed by atoms with Crippen molar-refractivity contribution >= 4 is 23.7 Å². The number of nitrogens with zero attached hydrogens (tertiary/aromatic N) is 1. The molecule has 82 valence electrons. The molecule has 6 heteroatoms. The van der Waals surface area contributed by atoms with Crippen LogP contribution in [0.4, 0.5) is 10.5 Å². The van der Waals surface area contributed by atoms with Crippen molar-refractivity contribution in [1.29, 1.82) is 0 Å². The number of hydrogen-bond donors (Lipinski definition) is 1. The molecule has 1 saturated heterocycles. The van der Waals surface area contributed by atoms with Crippen LogP contribution < -0.4 is 4.90 Å². The van der Waals surface area contributed by atoms with Gasteiger partial charge in [-0.2, -0.15) is 0 Å². The van der Waals surface area contributed by atoms with Crippen LogP contribution in [0.1, 0.15) is 10.4 Å². The van der Waals surface area contributed by atoms with Crippen molar-refractivity contribution in [3.8, 4) is 0 Å². The van der Waals surface area contributed by atoms with E-state index >= 15 is 0 Å². The lowest BCUT2D eigenvalue weighted by atomic mass is 10.2. The number of carbonyl (C=O) groups excluding carboxylic acids is 2. The second-order valence-corrected chi connectivity index (χ2v) is 3.14. The molecule has 1 aromatic carbocycles. The number of amides is 2. The van der Waals surface area contributed by atoms with Gasteiger partial charge in [0.2, 0.25) is 0 Å². The van der Waals surface area contributed by atoms with E-state index in [9.17, 15) is 14.4 Å². The van der Waals surface area contributed by atoms with Gasteiger partial charge in [0.25, 0.3) is 5.91 Å². The minimum atomic E-state index is -1.12. The summed E-state index contributed by atoms with van der Waals surface area (Å²) in [5, 5.41) is 8.76. The van der Waals surface area contributed by atoms with Crippen LogP contribution >= 0.6 is 0 Å². The number of aromatic carboxylic acids is 1. The molecule has 2 rings (SSSR count). The molecule has 1 N–H and O–H groups in total. The van der Waals surface area contributed by atoms with E-state index in [-0.39, 0.29) is 17.9 Å². The maximum atomic E-state index is 11.3. The molecule has 0 bridgehead atoms. The topological polar surface area (TPSA) is 83.9 Å². The summed E-state index contributed by atoms with van der Waals surface area (Å²) in [7, 11) is 0. The summed E-state index contributed by atoms with van der Waals surface area (Å²) in [6.07, 6.45) is -0.785. The Bertz CT molecular complexity index is 466. The molecular formula is C10H7NO5. The van der Waals surface area contributed by atoms with Crippen molar-refractivity contribution in [3.63, 3.8) is 0 Å². The number of ether oxygens (including phenoxy) is 1. The summed E-state index contributed by atoms with van der Waals surface area (Å²) < 4.78 is 4.52. The highest BCUT2D eigenvalue weighted by Crippen LogP contribution is 2.20. The van der Waals surface area contributed by atoms with Gasteiger partial charge < -0.3 is 9.84 Å². The van der Waals surface area contributed by atoms with Crippen LogP contribution in [0.3, 0.4) is 0 Å². The number of carboxylic acids is 1. The first-order chi connectivity index (χ1) is 7.59. The third-order valence-electron chi connectivity index (χ3n) is 2.10. The molecule has 1 aromatic rings.